The van der Waals surface area contributed by atoms with Crippen molar-refractivity contribution >= 4 is 34.0 Å². The van der Waals surface area contributed by atoms with Gasteiger partial charge in [0.25, 0.3) is 0 Å². The molecule has 0 saturated carbocycles. The van der Waals surface area contributed by atoms with Crippen LogP contribution in [0.15, 0.2) is 22.7 Å². The summed E-state index contributed by atoms with van der Waals surface area (Å²) in [5.41, 5.74) is 8.16. The molecular formula is C10H14BrClN2O. The minimum atomic E-state index is -0.193. The Morgan fingerprint density at radius 2 is 2.33 bits per heavy atom. The number of aliphatic hydroxyl groups is 1. The van der Waals surface area contributed by atoms with E-state index in [2.05, 4.69) is 27.3 Å². The first-order valence-electron chi connectivity index (χ1n) is 4.62. The number of halogens is 2. The lowest BCUT2D eigenvalue weighted by Gasteiger charge is -2.17. The maximum atomic E-state index is 8.95. The van der Waals surface area contributed by atoms with Crippen LogP contribution in [-0.4, -0.2) is 23.8 Å². The van der Waals surface area contributed by atoms with Crippen LogP contribution in [0.1, 0.15) is 5.56 Å². The zero-order valence-corrected chi connectivity index (χ0v) is 10.5. The highest BCUT2D eigenvalue weighted by molar-refractivity contribution is 9.10. The molecule has 0 amide bonds. The van der Waals surface area contributed by atoms with E-state index >= 15 is 0 Å². The van der Waals surface area contributed by atoms with Crippen LogP contribution in [-0.2, 0) is 6.42 Å². The van der Waals surface area contributed by atoms with E-state index in [1.165, 1.54) is 5.56 Å². The molecule has 0 aromatic heterocycles. The third-order valence-electron chi connectivity index (χ3n) is 2.58. The summed E-state index contributed by atoms with van der Waals surface area (Å²) in [4.78, 5) is 0. The number of nitrogens with one attached hydrogen (secondary N) is 1. The summed E-state index contributed by atoms with van der Waals surface area (Å²) in [5, 5.41) is 12.3. The molecule has 1 aliphatic heterocycles. The second kappa shape index (κ2) is 5.16. The Kier molecular flexibility index (Phi) is 4.40. The maximum Gasteiger partial charge on any atom is 0.0602 e. The molecule has 2 atom stereocenters. The van der Waals surface area contributed by atoms with Gasteiger partial charge in [-0.05, 0) is 30.2 Å². The van der Waals surface area contributed by atoms with E-state index in [1.807, 2.05) is 12.1 Å². The lowest BCUT2D eigenvalue weighted by atomic mass is 10.1. The normalized spacial score (nSPS) is 20.1. The Balaban J connectivity index is 0.00000112. The fourth-order valence-electron chi connectivity index (χ4n) is 1.75. The standard InChI is InChI=1S/C10H13BrN2O.ClH/c11-7-1-2-9-6(3-7)4-10(13-9)8(12)5-14;/h1-3,8,10,13-14H,4-5,12H2;1H. The first-order chi connectivity index (χ1) is 6.70. The minimum absolute atomic E-state index is 0. The summed E-state index contributed by atoms with van der Waals surface area (Å²) < 4.78 is 1.08. The minimum Gasteiger partial charge on any atom is -0.395 e. The molecule has 0 radical (unpaired) electrons. The molecule has 0 saturated heterocycles. The second-order valence-electron chi connectivity index (χ2n) is 3.60. The SMILES string of the molecule is Cl.NC(CO)C1Cc2cc(Br)ccc2N1. The predicted molar refractivity (Wildman–Crippen MR) is 67.6 cm³/mol. The monoisotopic (exact) mass is 292 g/mol. The molecule has 1 aliphatic rings. The van der Waals surface area contributed by atoms with Gasteiger partial charge in [0.2, 0.25) is 0 Å². The van der Waals surface area contributed by atoms with Crippen LogP contribution in [0, 0.1) is 0 Å². The summed E-state index contributed by atoms with van der Waals surface area (Å²) >= 11 is 3.43. The molecule has 4 N–H and O–H groups in total. The maximum absolute atomic E-state index is 8.95. The van der Waals surface area contributed by atoms with Gasteiger partial charge in [0, 0.05) is 22.2 Å². The van der Waals surface area contributed by atoms with Gasteiger partial charge in [-0.3, -0.25) is 0 Å². The van der Waals surface area contributed by atoms with Crippen LogP contribution in [0.2, 0.25) is 0 Å². The van der Waals surface area contributed by atoms with Crippen LogP contribution < -0.4 is 11.1 Å². The van der Waals surface area contributed by atoms with Crippen molar-refractivity contribution in [3.8, 4) is 0 Å². The number of hydrogen-bond donors (Lipinski definition) is 3. The summed E-state index contributed by atoms with van der Waals surface area (Å²) in [7, 11) is 0. The first kappa shape index (κ1) is 12.8. The Morgan fingerprint density at radius 1 is 1.60 bits per heavy atom. The molecule has 0 fully saturated rings. The van der Waals surface area contributed by atoms with Crippen molar-refractivity contribution in [2.75, 3.05) is 11.9 Å². The predicted octanol–water partition coefficient (Wildman–Crippen LogP) is 1.53. The first-order valence-corrected chi connectivity index (χ1v) is 5.41. The van der Waals surface area contributed by atoms with Gasteiger partial charge in [-0.1, -0.05) is 15.9 Å². The van der Waals surface area contributed by atoms with Gasteiger partial charge >= 0.3 is 0 Å². The Morgan fingerprint density at radius 3 is 3.00 bits per heavy atom. The number of aliphatic hydroxyl groups excluding tert-OH is 1. The van der Waals surface area contributed by atoms with E-state index in [-0.39, 0.29) is 31.1 Å². The summed E-state index contributed by atoms with van der Waals surface area (Å²) in [6, 6.07) is 6.08. The van der Waals surface area contributed by atoms with Crippen molar-refractivity contribution in [1.82, 2.24) is 0 Å². The van der Waals surface area contributed by atoms with Gasteiger partial charge < -0.3 is 16.2 Å². The molecule has 0 aliphatic carbocycles. The molecule has 3 nitrogen and oxygen atoms in total. The molecule has 0 bridgehead atoms. The van der Waals surface area contributed by atoms with Gasteiger partial charge in [0.1, 0.15) is 0 Å². The summed E-state index contributed by atoms with van der Waals surface area (Å²) in [6.45, 7) is 0.0207. The van der Waals surface area contributed by atoms with E-state index in [0.29, 0.717) is 0 Å². The summed E-state index contributed by atoms with van der Waals surface area (Å²) in [6.07, 6.45) is 0.885. The largest absolute Gasteiger partial charge is 0.395 e. The molecular weight excluding hydrogens is 279 g/mol. The zero-order chi connectivity index (χ0) is 10.1. The van der Waals surface area contributed by atoms with Crippen LogP contribution in [0.25, 0.3) is 0 Å². The van der Waals surface area contributed by atoms with Crippen LogP contribution in [0.5, 0.6) is 0 Å². The fraction of sp³-hybridized carbons (Fsp3) is 0.400. The highest BCUT2D eigenvalue weighted by atomic mass is 79.9. The van der Waals surface area contributed by atoms with Crippen molar-refractivity contribution < 1.29 is 5.11 Å². The molecule has 2 unspecified atom stereocenters. The Bertz CT molecular complexity index is 348. The third kappa shape index (κ3) is 2.64. The second-order valence-corrected chi connectivity index (χ2v) is 4.52. The van der Waals surface area contributed by atoms with Crippen molar-refractivity contribution in [1.29, 1.82) is 0 Å². The smallest absolute Gasteiger partial charge is 0.0602 e. The topological polar surface area (TPSA) is 58.3 Å². The number of anilines is 1. The highest BCUT2D eigenvalue weighted by Crippen LogP contribution is 2.29. The molecule has 15 heavy (non-hydrogen) atoms. The van der Waals surface area contributed by atoms with Crippen LogP contribution >= 0.6 is 28.3 Å². The molecule has 2 rings (SSSR count). The van der Waals surface area contributed by atoms with Gasteiger partial charge in [0.15, 0.2) is 0 Å². The lowest BCUT2D eigenvalue weighted by Crippen LogP contribution is -2.41. The summed E-state index contributed by atoms with van der Waals surface area (Å²) in [5.74, 6) is 0. The van der Waals surface area contributed by atoms with E-state index in [1.54, 1.807) is 0 Å². The van der Waals surface area contributed by atoms with Gasteiger partial charge in [-0.15, -0.1) is 12.4 Å². The van der Waals surface area contributed by atoms with E-state index < -0.39 is 0 Å². The van der Waals surface area contributed by atoms with Gasteiger partial charge in [0.05, 0.1) is 6.61 Å². The van der Waals surface area contributed by atoms with E-state index in [0.717, 1.165) is 16.6 Å². The van der Waals surface area contributed by atoms with Crippen LogP contribution in [0.3, 0.4) is 0 Å². The van der Waals surface area contributed by atoms with Crippen molar-refractivity contribution in [2.45, 2.75) is 18.5 Å². The molecule has 0 spiro atoms. The molecule has 1 heterocycles. The lowest BCUT2D eigenvalue weighted by molar-refractivity contribution is 0.254. The van der Waals surface area contributed by atoms with Crippen molar-refractivity contribution in [3.63, 3.8) is 0 Å². The average molecular weight is 294 g/mol. The number of rotatable bonds is 2. The van der Waals surface area contributed by atoms with Crippen molar-refractivity contribution in [3.05, 3.63) is 28.2 Å². The highest BCUT2D eigenvalue weighted by Gasteiger charge is 2.25. The fourth-order valence-corrected chi connectivity index (χ4v) is 2.15. The molecule has 1 aromatic rings. The molecule has 84 valence electrons. The third-order valence-corrected chi connectivity index (χ3v) is 3.07. The molecule has 5 heteroatoms. The number of hydrogen-bond acceptors (Lipinski definition) is 3. The molecule has 1 aromatic carbocycles. The Hall–Kier alpha value is -0.290. The number of benzene rings is 1. The zero-order valence-electron chi connectivity index (χ0n) is 8.11. The van der Waals surface area contributed by atoms with Crippen molar-refractivity contribution in [2.24, 2.45) is 5.73 Å². The Labute approximate surface area is 104 Å². The van der Waals surface area contributed by atoms with Gasteiger partial charge in [-0.2, -0.15) is 0 Å². The van der Waals surface area contributed by atoms with E-state index in [4.69, 9.17) is 10.8 Å². The number of fused-ring (bicyclic) bond motifs is 1. The van der Waals surface area contributed by atoms with Crippen LogP contribution in [0.4, 0.5) is 5.69 Å². The average Bonchev–Trinajstić information content (AvgIpc) is 2.59. The van der Waals surface area contributed by atoms with E-state index in [9.17, 15) is 0 Å². The number of nitrogens with two attached hydrogens (primary N) is 1. The van der Waals surface area contributed by atoms with Gasteiger partial charge in [-0.25, -0.2) is 0 Å². The quantitative estimate of drug-likeness (QED) is 0.775.